The fourth-order valence-electron chi connectivity index (χ4n) is 1.67. The van der Waals surface area contributed by atoms with E-state index >= 15 is 0 Å². The van der Waals surface area contributed by atoms with Crippen LogP contribution in [0.3, 0.4) is 0 Å². The summed E-state index contributed by atoms with van der Waals surface area (Å²) in [6, 6.07) is 10.2. The Hall–Kier alpha value is -0.520. The van der Waals surface area contributed by atoms with Gasteiger partial charge in [-0.3, -0.25) is 4.99 Å². The highest BCUT2D eigenvalue weighted by atomic mass is 127. The molecule has 0 aliphatic rings. The number of guanidine groups is 1. The number of thioether (sulfide) groups is 1. The topological polar surface area (TPSA) is 82.6 Å². The molecule has 0 atom stereocenters. The van der Waals surface area contributed by atoms with Crippen LogP contribution < -0.4 is 15.4 Å². The Morgan fingerprint density at radius 1 is 1.12 bits per heavy atom. The molecular formula is C15H27IN4O2S2. The van der Waals surface area contributed by atoms with Crippen LogP contribution in [-0.2, 0) is 10.0 Å². The molecule has 0 radical (unpaired) electrons. The smallest absolute Gasteiger partial charge is 0.211 e. The summed E-state index contributed by atoms with van der Waals surface area (Å²) in [5.41, 5.74) is 0. The predicted octanol–water partition coefficient (Wildman–Crippen LogP) is 1.89. The van der Waals surface area contributed by atoms with Gasteiger partial charge in [-0.2, -0.15) is 0 Å². The number of halogens is 1. The molecule has 6 nitrogen and oxygen atoms in total. The van der Waals surface area contributed by atoms with Gasteiger partial charge >= 0.3 is 0 Å². The van der Waals surface area contributed by atoms with Crippen LogP contribution in [0.4, 0.5) is 0 Å². The summed E-state index contributed by atoms with van der Waals surface area (Å²) in [5, 5.41) is 6.39. The third-order valence-electron chi connectivity index (χ3n) is 2.83. The van der Waals surface area contributed by atoms with Gasteiger partial charge in [0.25, 0.3) is 0 Å². The second kappa shape index (κ2) is 13.7. The largest absolute Gasteiger partial charge is 0.357 e. The minimum Gasteiger partial charge on any atom is -0.357 e. The average Bonchev–Trinajstić information content (AvgIpc) is 2.56. The molecule has 1 aromatic carbocycles. The molecule has 0 spiro atoms. The van der Waals surface area contributed by atoms with Gasteiger partial charge in [-0.1, -0.05) is 18.2 Å². The van der Waals surface area contributed by atoms with Crippen LogP contribution in [0.5, 0.6) is 0 Å². The number of nitrogens with zero attached hydrogens (tertiary/aromatic N) is 1. The number of benzene rings is 1. The van der Waals surface area contributed by atoms with E-state index in [4.69, 9.17) is 0 Å². The van der Waals surface area contributed by atoms with E-state index in [9.17, 15) is 8.42 Å². The highest BCUT2D eigenvalue weighted by molar-refractivity contribution is 14.0. The molecule has 0 fully saturated rings. The van der Waals surface area contributed by atoms with Crippen LogP contribution in [0.2, 0.25) is 0 Å². The van der Waals surface area contributed by atoms with Gasteiger partial charge in [0.1, 0.15) is 0 Å². The van der Waals surface area contributed by atoms with Gasteiger partial charge in [0, 0.05) is 30.3 Å². The molecule has 138 valence electrons. The Balaban J connectivity index is 0.00000529. The molecular weight excluding hydrogens is 459 g/mol. The molecule has 0 aromatic heterocycles. The lowest BCUT2D eigenvalue weighted by atomic mass is 10.4. The quantitative estimate of drug-likeness (QED) is 0.155. The molecule has 0 bridgehead atoms. The van der Waals surface area contributed by atoms with Crippen LogP contribution in [0.1, 0.15) is 13.8 Å². The first-order valence-corrected chi connectivity index (χ1v) is 10.4. The first-order valence-electron chi connectivity index (χ1n) is 7.74. The maximum atomic E-state index is 11.3. The third-order valence-corrected chi connectivity index (χ3v) is 5.25. The average molecular weight is 486 g/mol. The van der Waals surface area contributed by atoms with E-state index < -0.39 is 10.0 Å². The Labute approximate surface area is 166 Å². The molecule has 0 saturated heterocycles. The second-order valence-corrected chi connectivity index (χ2v) is 7.91. The lowest BCUT2D eigenvalue weighted by Crippen LogP contribution is -2.39. The standard InChI is InChI=1S/C15H26N4O2S2.HI/c1-3-16-15(17-10-11-19-23(20,21)4-2)18-12-13-22-14-8-6-5-7-9-14;/h5-9,19H,3-4,10-13H2,1-2H3,(H2,16,17,18);1H. The highest BCUT2D eigenvalue weighted by Gasteiger charge is 2.04. The zero-order chi connectivity index (χ0) is 17.0. The molecule has 0 heterocycles. The fourth-order valence-corrected chi connectivity index (χ4v) is 3.06. The van der Waals surface area contributed by atoms with Gasteiger partial charge in [0.05, 0.1) is 12.3 Å². The maximum absolute atomic E-state index is 11.3. The van der Waals surface area contributed by atoms with Gasteiger partial charge in [-0.05, 0) is 26.0 Å². The summed E-state index contributed by atoms with van der Waals surface area (Å²) in [5.74, 6) is 1.72. The summed E-state index contributed by atoms with van der Waals surface area (Å²) < 4.78 is 25.1. The molecule has 0 saturated carbocycles. The minimum atomic E-state index is -3.14. The molecule has 9 heteroatoms. The van der Waals surface area contributed by atoms with E-state index in [-0.39, 0.29) is 29.7 Å². The van der Waals surface area contributed by atoms with Crippen LogP contribution >= 0.6 is 35.7 Å². The lowest BCUT2D eigenvalue weighted by Gasteiger charge is -2.11. The Morgan fingerprint density at radius 3 is 2.46 bits per heavy atom. The molecule has 1 rings (SSSR count). The number of aliphatic imine (C=N–C) groups is 1. The van der Waals surface area contributed by atoms with Crippen LogP contribution in [0, 0.1) is 0 Å². The Bertz CT molecular complexity index is 568. The number of hydrogen-bond acceptors (Lipinski definition) is 4. The fraction of sp³-hybridized carbons (Fsp3) is 0.533. The first-order chi connectivity index (χ1) is 11.1. The molecule has 0 aliphatic carbocycles. The van der Waals surface area contributed by atoms with Gasteiger partial charge in [0.15, 0.2) is 5.96 Å². The van der Waals surface area contributed by atoms with E-state index in [0.717, 1.165) is 18.8 Å². The van der Waals surface area contributed by atoms with E-state index in [0.29, 0.717) is 19.0 Å². The molecule has 24 heavy (non-hydrogen) atoms. The molecule has 1 aromatic rings. The molecule has 0 unspecified atom stereocenters. The minimum absolute atomic E-state index is 0. The van der Waals surface area contributed by atoms with Gasteiger partial charge < -0.3 is 10.6 Å². The number of hydrogen-bond donors (Lipinski definition) is 3. The lowest BCUT2D eigenvalue weighted by molar-refractivity contribution is 0.583. The summed E-state index contributed by atoms with van der Waals surface area (Å²) in [7, 11) is -3.14. The van der Waals surface area contributed by atoms with Crippen molar-refractivity contribution in [3.8, 4) is 0 Å². The summed E-state index contributed by atoms with van der Waals surface area (Å²) in [6.45, 7) is 5.87. The summed E-state index contributed by atoms with van der Waals surface area (Å²) in [4.78, 5) is 5.59. The van der Waals surface area contributed by atoms with Crippen molar-refractivity contribution in [1.82, 2.24) is 15.4 Å². The number of rotatable bonds is 10. The molecule has 0 aliphatic heterocycles. The van der Waals surface area contributed by atoms with Gasteiger partial charge in [-0.25, -0.2) is 13.1 Å². The molecule has 0 amide bonds. The zero-order valence-electron chi connectivity index (χ0n) is 14.1. The van der Waals surface area contributed by atoms with Gasteiger partial charge in [-0.15, -0.1) is 35.7 Å². The maximum Gasteiger partial charge on any atom is 0.211 e. The monoisotopic (exact) mass is 486 g/mol. The van der Waals surface area contributed by atoms with Crippen molar-refractivity contribution in [3.63, 3.8) is 0 Å². The van der Waals surface area contributed by atoms with Crippen LogP contribution in [0.25, 0.3) is 0 Å². The van der Waals surface area contributed by atoms with E-state index in [1.807, 2.05) is 25.1 Å². The van der Waals surface area contributed by atoms with E-state index in [1.165, 1.54) is 4.90 Å². The van der Waals surface area contributed by atoms with Crippen molar-refractivity contribution in [2.45, 2.75) is 18.7 Å². The van der Waals surface area contributed by atoms with Crippen molar-refractivity contribution in [2.75, 3.05) is 37.7 Å². The zero-order valence-corrected chi connectivity index (χ0v) is 18.1. The predicted molar refractivity (Wildman–Crippen MR) is 114 cm³/mol. The SMILES string of the molecule is CCNC(=NCCNS(=O)(=O)CC)NCCSc1ccccc1.I. The molecule has 3 N–H and O–H groups in total. The van der Waals surface area contributed by atoms with E-state index in [2.05, 4.69) is 32.5 Å². The van der Waals surface area contributed by atoms with Crippen molar-refractivity contribution in [2.24, 2.45) is 4.99 Å². The summed E-state index contributed by atoms with van der Waals surface area (Å²) in [6.07, 6.45) is 0. The highest BCUT2D eigenvalue weighted by Crippen LogP contribution is 2.15. The number of sulfonamides is 1. The van der Waals surface area contributed by atoms with Crippen LogP contribution in [-0.4, -0.2) is 52.1 Å². The van der Waals surface area contributed by atoms with Crippen molar-refractivity contribution in [1.29, 1.82) is 0 Å². The van der Waals surface area contributed by atoms with E-state index in [1.54, 1.807) is 18.7 Å². The van der Waals surface area contributed by atoms with Crippen molar-refractivity contribution in [3.05, 3.63) is 30.3 Å². The van der Waals surface area contributed by atoms with Crippen molar-refractivity contribution < 1.29 is 8.42 Å². The van der Waals surface area contributed by atoms with Crippen LogP contribution in [0.15, 0.2) is 40.2 Å². The second-order valence-electron chi connectivity index (χ2n) is 4.65. The van der Waals surface area contributed by atoms with Gasteiger partial charge in [0.2, 0.25) is 10.0 Å². The first kappa shape index (κ1) is 23.5. The summed E-state index contributed by atoms with van der Waals surface area (Å²) >= 11 is 1.78. The number of nitrogens with one attached hydrogen (secondary N) is 3. The van der Waals surface area contributed by atoms with Crippen molar-refractivity contribution >= 4 is 51.7 Å². The Kier molecular flexibility index (Phi) is 13.4. The third kappa shape index (κ3) is 11.1. The Morgan fingerprint density at radius 2 is 1.83 bits per heavy atom. The normalized spacial score (nSPS) is 11.7.